The standard InChI is InChI=1S/C14H18BrClO4S/c1-3-4-5-6-7-20-14(17)12-8-11(21(16,18)19)9-13(15)10(12)2/h8-9H,3-7H2,1-2H3. The number of carbonyl (C=O) groups excluding carboxylic acids is 1. The van der Waals surface area contributed by atoms with Gasteiger partial charge < -0.3 is 4.74 Å². The summed E-state index contributed by atoms with van der Waals surface area (Å²) in [6, 6.07) is 2.62. The molecule has 21 heavy (non-hydrogen) atoms. The van der Waals surface area contributed by atoms with Crippen molar-refractivity contribution in [3.63, 3.8) is 0 Å². The SMILES string of the molecule is CCCCCCOC(=O)c1cc(S(=O)(=O)Cl)cc(Br)c1C. The third kappa shape index (κ3) is 5.60. The van der Waals surface area contributed by atoms with E-state index < -0.39 is 15.0 Å². The first-order valence-electron chi connectivity index (χ1n) is 6.69. The molecule has 0 aromatic heterocycles. The fourth-order valence-electron chi connectivity index (χ4n) is 1.78. The third-order valence-corrected chi connectivity index (χ3v) is 5.21. The van der Waals surface area contributed by atoms with E-state index in [1.807, 2.05) is 0 Å². The van der Waals surface area contributed by atoms with Crippen LogP contribution in [0.2, 0.25) is 0 Å². The highest BCUT2D eigenvalue weighted by molar-refractivity contribution is 9.10. The monoisotopic (exact) mass is 396 g/mol. The summed E-state index contributed by atoms with van der Waals surface area (Å²) in [6.07, 6.45) is 4.01. The van der Waals surface area contributed by atoms with Gasteiger partial charge >= 0.3 is 5.97 Å². The van der Waals surface area contributed by atoms with Gasteiger partial charge in [-0.2, -0.15) is 0 Å². The second-order valence-corrected chi connectivity index (χ2v) is 8.13. The van der Waals surface area contributed by atoms with Crippen molar-refractivity contribution in [1.29, 1.82) is 0 Å². The lowest BCUT2D eigenvalue weighted by molar-refractivity contribution is 0.0496. The molecule has 0 N–H and O–H groups in total. The lowest BCUT2D eigenvalue weighted by Crippen LogP contribution is -2.10. The van der Waals surface area contributed by atoms with Crippen LogP contribution in [0, 0.1) is 6.92 Å². The normalized spacial score (nSPS) is 11.4. The molecule has 0 fully saturated rings. The highest BCUT2D eigenvalue weighted by Gasteiger charge is 2.19. The van der Waals surface area contributed by atoms with Crippen LogP contribution in [0.4, 0.5) is 0 Å². The maximum Gasteiger partial charge on any atom is 0.338 e. The van der Waals surface area contributed by atoms with Gasteiger partial charge in [0.05, 0.1) is 17.1 Å². The van der Waals surface area contributed by atoms with Crippen LogP contribution in [0.3, 0.4) is 0 Å². The molecule has 0 amide bonds. The van der Waals surface area contributed by atoms with E-state index in [4.69, 9.17) is 15.4 Å². The van der Waals surface area contributed by atoms with Gasteiger partial charge in [-0.25, -0.2) is 13.2 Å². The average molecular weight is 398 g/mol. The van der Waals surface area contributed by atoms with E-state index in [2.05, 4.69) is 22.9 Å². The van der Waals surface area contributed by atoms with Crippen LogP contribution >= 0.6 is 26.6 Å². The molecule has 0 saturated carbocycles. The first-order chi connectivity index (χ1) is 9.77. The fraction of sp³-hybridized carbons (Fsp3) is 0.500. The predicted octanol–water partition coefficient (Wildman–Crippen LogP) is 4.42. The summed E-state index contributed by atoms with van der Waals surface area (Å²) < 4.78 is 28.5. The van der Waals surface area contributed by atoms with Crippen molar-refractivity contribution in [2.24, 2.45) is 0 Å². The van der Waals surface area contributed by atoms with Gasteiger partial charge in [-0.3, -0.25) is 0 Å². The summed E-state index contributed by atoms with van der Waals surface area (Å²) in [7, 11) is 1.42. The number of rotatable bonds is 7. The zero-order chi connectivity index (χ0) is 16.0. The summed E-state index contributed by atoms with van der Waals surface area (Å²) in [4.78, 5) is 11.9. The second kappa shape index (κ2) is 8.15. The Kier molecular flexibility index (Phi) is 7.16. The van der Waals surface area contributed by atoms with Gasteiger partial charge in [-0.1, -0.05) is 42.1 Å². The summed E-state index contributed by atoms with van der Waals surface area (Å²) in [5.41, 5.74) is 0.830. The summed E-state index contributed by atoms with van der Waals surface area (Å²) in [5, 5.41) is 0. The molecule has 118 valence electrons. The van der Waals surface area contributed by atoms with Gasteiger partial charge in [-0.05, 0) is 31.0 Å². The van der Waals surface area contributed by atoms with Crippen molar-refractivity contribution in [3.8, 4) is 0 Å². The van der Waals surface area contributed by atoms with Crippen molar-refractivity contribution in [2.45, 2.75) is 44.4 Å². The quantitative estimate of drug-likeness (QED) is 0.388. The van der Waals surface area contributed by atoms with Gasteiger partial charge in [-0.15, -0.1) is 0 Å². The van der Waals surface area contributed by atoms with Gasteiger partial charge in [0, 0.05) is 15.2 Å². The van der Waals surface area contributed by atoms with Crippen LogP contribution in [0.5, 0.6) is 0 Å². The number of ether oxygens (including phenoxy) is 1. The predicted molar refractivity (Wildman–Crippen MR) is 86.3 cm³/mol. The van der Waals surface area contributed by atoms with Crippen molar-refractivity contribution in [1.82, 2.24) is 0 Å². The van der Waals surface area contributed by atoms with Gasteiger partial charge in [0.1, 0.15) is 0 Å². The Hall–Kier alpha value is -0.590. The Labute approximate surface area is 138 Å². The average Bonchev–Trinajstić information content (AvgIpc) is 2.40. The largest absolute Gasteiger partial charge is 0.462 e. The lowest BCUT2D eigenvalue weighted by atomic mass is 10.1. The molecule has 0 saturated heterocycles. The Morgan fingerprint density at radius 2 is 1.95 bits per heavy atom. The van der Waals surface area contributed by atoms with Crippen LogP contribution in [0.15, 0.2) is 21.5 Å². The number of esters is 1. The summed E-state index contributed by atoms with van der Waals surface area (Å²) in [6.45, 7) is 4.14. The van der Waals surface area contributed by atoms with E-state index in [1.165, 1.54) is 12.1 Å². The van der Waals surface area contributed by atoms with E-state index in [0.29, 0.717) is 16.6 Å². The second-order valence-electron chi connectivity index (χ2n) is 4.71. The van der Waals surface area contributed by atoms with Crippen molar-refractivity contribution < 1.29 is 17.9 Å². The molecular formula is C14H18BrClO4S. The van der Waals surface area contributed by atoms with Crippen LogP contribution < -0.4 is 0 Å². The Morgan fingerprint density at radius 1 is 1.29 bits per heavy atom. The van der Waals surface area contributed by atoms with E-state index >= 15 is 0 Å². The maximum absolute atomic E-state index is 12.0. The number of benzene rings is 1. The molecule has 0 bridgehead atoms. The first-order valence-corrected chi connectivity index (χ1v) is 9.79. The van der Waals surface area contributed by atoms with E-state index in [9.17, 15) is 13.2 Å². The minimum atomic E-state index is -3.90. The zero-order valence-corrected chi connectivity index (χ0v) is 15.1. The Morgan fingerprint density at radius 3 is 2.52 bits per heavy atom. The highest BCUT2D eigenvalue weighted by atomic mass is 79.9. The van der Waals surface area contributed by atoms with Crippen molar-refractivity contribution in [2.75, 3.05) is 6.61 Å². The van der Waals surface area contributed by atoms with Crippen LogP contribution in [-0.4, -0.2) is 21.0 Å². The number of halogens is 2. The van der Waals surface area contributed by atoms with E-state index in [-0.39, 0.29) is 10.5 Å². The lowest BCUT2D eigenvalue weighted by Gasteiger charge is -2.10. The first kappa shape index (κ1) is 18.5. The topological polar surface area (TPSA) is 60.4 Å². The third-order valence-electron chi connectivity index (χ3n) is 3.05. The molecule has 4 nitrogen and oxygen atoms in total. The van der Waals surface area contributed by atoms with Gasteiger partial charge in [0.15, 0.2) is 0 Å². The van der Waals surface area contributed by atoms with Crippen molar-refractivity contribution >= 4 is 41.6 Å². The van der Waals surface area contributed by atoms with E-state index in [0.717, 1.165) is 25.7 Å². The van der Waals surface area contributed by atoms with Crippen molar-refractivity contribution in [3.05, 3.63) is 27.7 Å². The zero-order valence-electron chi connectivity index (χ0n) is 12.0. The summed E-state index contributed by atoms with van der Waals surface area (Å²) >= 11 is 3.23. The Balaban J connectivity index is 2.86. The van der Waals surface area contributed by atoms with E-state index in [1.54, 1.807) is 6.92 Å². The minimum Gasteiger partial charge on any atom is -0.462 e. The molecule has 1 rings (SSSR count). The molecule has 0 spiro atoms. The molecule has 0 unspecified atom stereocenters. The van der Waals surface area contributed by atoms with Gasteiger partial charge in [0.2, 0.25) is 0 Å². The van der Waals surface area contributed by atoms with Crippen LogP contribution in [-0.2, 0) is 13.8 Å². The molecule has 0 aliphatic carbocycles. The molecule has 7 heteroatoms. The van der Waals surface area contributed by atoms with Crippen LogP contribution in [0.1, 0.15) is 48.5 Å². The van der Waals surface area contributed by atoms with Gasteiger partial charge in [0.25, 0.3) is 9.05 Å². The maximum atomic E-state index is 12.0. The molecule has 0 radical (unpaired) electrons. The molecule has 0 heterocycles. The number of hydrogen-bond donors (Lipinski definition) is 0. The fourth-order valence-corrected chi connectivity index (χ4v) is 3.17. The minimum absolute atomic E-state index is 0.125. The molecule has 0 aliphatic heterocycles. The molecular weight excluding hydrogens is 380 g/mol. The molecule has 0 aliphatic rings. The number of carbonyl (C=O) groups is 1. The summed E-state index contributed by atoms with van der Waals surface area (Å²) in [5.74, 6) is -0.535. The Bertz CT molecular complexity index is 614. The van der Waals surface area contributed by atoms with Crippen LogP contribution in [0.25, 0.3) is 0 Å². The number of hydrogen-bond acceptors (Lipinski definition) is 4. The number of unbranched alkanes of at least 4 members (excludes halogenated alkanes) is 3. The molecule has 1 aromatic carbocycles. The smallest absolute Gasteiger partial charge is 0.338 e. The molecule has 0 atom stereocenters. The molecule has 1 aromatic rings. The highest BCUT2D eigenvalue weighted by Crippen LogP contribution is 2.27.